The second-order valence-corrected chi connectivity index (χ2v) is 8.14. The number of hydrogen-bond acceptors (Lipinski definition) is 6. The molecule has 3 aromatic rings. The third kappa shape index (κ3) is 4.10. The Bertz CT molecular complexity index is 1270. The normalized spacial score (nSPS) is 17.3. The van der Waals surface area contributed by atoms with E-state index in [1.807, 2.05) is 0 Å². The zero-order chi connectivity index (χ0) is 23.7. The summed E-state index contributed by atoms with van der Waals surface area (Å²) < 4.78 is 5.95. The monoisotopic (exact) mass is 508 g/mol. The molecule has 0 radical (unpaired) electrons. The smallest absolute Gasteiger partial charge is 0.300 e. The Labute approximate surface area is 197 Å². The number of anilines is 1. The summed E-state index contributed by atoms with van der Waals surface area (Å²) in [5.74, 6) is -1.44. The maximum absolute atomic E-state index is 13.1. The van der Waals surface area contributed by atoms with Gasteiger partial charge in [-0.2, -0.15) is 0 Å². The number of amides is 1. The van der Waals surface area contributed by atoms with Crippen molar-refractivity contribution < 1.29 is 24.4 Å². The van der Waals surface area contributed by atoms with Gasteiger partial charge in [-0.25, -0.2) is 0 Å². The highest BCUT2D eigenvalue weighted by Gasteiger charge is 2.47. The lowest BCUT2D eigenvalue weighted by Gasteiger charge is -2.25. The number of aliphatic hydroxyl groups excluding tert-OH is 1. The van der Waals surface area contributed by atoms with Crippen LogP contribution >= 0.6 is 15.9 Å². The number of nitrogens with zero attached hydrogens (tertiary/aromatic N) is 2. The number of nitro benzene ring substituents is 1. The van der Waals surface area contributed by atoms with Crippen molar-refractivity contribution in [2.45, 2.75) is 6.04 Å². The van der Waals surface area contributed by atoms with Crippen molar-refractivity contribution in [2.75, 3.05) is 12.0 Å². The minimum atomic E-state index is -0.983. The van der Waals surface area contributed by atoms with E-state index < -0.39 is 22.7 Å². The number of ether oxygens (including phenoxy) is 1. The molecule has 1 atom stereocenters. The molecule has 0 aliphatic carbocycles. The van der Waals surface area contributed by atoms with E-state index in [4.69, 9.17) is 4.74 Å². The number of methoxy groups -OCH3 is 1. The van der Waals surface area contributed by atoms with Crippen molar-refractivity contribution >= 4 is 44.8 Å². The molecule has 1 unspecified atom stereocenters. The van der Waals surface area contributed by atoms with E-state index in [1.54, 1.807) is 48.5 Å². The molecule has 1 amide bonds. The number of aliphatic hydroxyl groups is 1. The van der Waals surface area contributed by atoms with Gasteiger partial charge in [-0.15, -0.1) is 0 Å². The van der Waals surface area contributed by atoms with Crippen LogP contribution in [0.2, 0.25) is 0 Å². The second-order valence-electron chi connectivity index (χ2n) is 7.22. The van der Waals surface area contributed by atoms with E-state index in [0.29, 0.717) is 22.6 Å². The predicted molar refractivity (Wildman–Crippen MR) is 125 cm³/mol. The predicted octanol–water partition coefficient (Wildman–Crippen LogP) is 4.99. The van der Waals surface area contributed by atoms with Gasteiger partial charge in [0.2, 0.25) is 0 Å². The summed E-state index contributed by atoms with van der Waals surface area (Å²) in [4.78, 5) is 38.0. The minimum absolute atomic E-state index is 0.105. The van der Waals surface area contributed by atoms with Crippen LogP contribution in [0.25, 0.3) is 5.76 Å². The molecule has 0 saturated carbocycles. The number of halogens is 1. The minimum Gasteiger partial charge on any atom is -0.507 e. The van der Waals surface area contributed by atoms with Crippen molar-refractivity contribution in [3.05, 3.63) is 104 Å². The molecule has 0 spiro atoms. The van der Waals surface area contributed by atoms with Crippen molar-refractivity contribution in [1.82, 2.24) is 0 Å². The van der Waals surface area contributed by atoms with Crippen LogP contribution in [0.3, 0.4) is 0 Å². The van der Waals surface area contributed by atoms with Gasteiger partial charge in [-0.3, -0.25) is 24.6 Å². The Kier molecular flexibility index (Phi) is 5.97. The van der Waals surface area contributed by atoms with Gasteiger partial charge in [0.15, 0.2) is 0 Å². The Morgan fingerprint density at radius 1 is 1.00 bits per heavy atom. The average Bonchev–Trinajstić information content (AvgIpc) is 3.09. The fraction of sp³-hybridized carbons (Fsp3) is 0.0833. The number of carbonyl (C=O) groups is 2. The highest BCUT2D eigenvalue weighted by Crippen LogP contribution is 2.42. The molecule has 166 valence electrons. The first kappa shape index (κ1) is 22.2. The highest BCUT2D eigenvalue weighted by atomic mass is 79.9. The van der Waals surface area contributed by atoms with Crippen molar-refractivity contribution in [1.29, 1.82) is 0 Å². The Balaban J connectivity index is 1.91. The fourth-order valence-corrected chi connectivity index (χ4v) is 3.96. The highest BCUT2D eigenvalue weighted by molar-refractivity contribution is 9.10. The number of Topliss-reactive ketones (excluding diaryl/α,β-unsaturated/α-hetero) is 1. The quantitative estimate of drug-likeness (QED) is 0.171. The summed E-state index contributed by atoms with van der Waals surface area (Å²) in [7, 11) is 1.51. The molecule has 1 saturated heterocycles. The zero-order valence-electron chi connectivity index (χ0n) is 17.3. The largest absolute Gasteiger partial charge is 0.507 e. The van der Waals surface area contributed by atoms with E-state index in [1.165, 1.54) is 36.3 Å². The first-order chi connectivity index (χ1) is 15.8. The van der Waals surface area contributed by atoms with Gasteiger partial charge in [0.25, 0.3) is 17.4 Å². The van der Waals surface area contributed by atoms with E-state index in [2.05, 4.69) is 15.9 Å². The van der Waals surface area contributed by atoms with Gasteiger partial charge < -0.3 is 9.84 Å². The molecule has 1 heterocycles. The number of nitro groups is 1. The summed E-state index contributed by atoms with van der Waals surface area (Å²) in [6.45, 7) is 0. The molecule has 1 fully saturated rings. The number of carbonyl (C=O) groups excluding carboxylic acids is 2. The van der Waals surface area contributed by atoms with Gasteiger partial charge in [-0.05, 0) is 54.1 Å². The van der Waals surface area contributed by atoms with Gasteiger partial charge in [0, 0.05) is 27.9 Å². The van der Waals surface area contributed by atoms with E-state index in [-0.39, 0.29) is 17.0 Å². The maximum atomic E-state index is 13.1. The van der Waals surface area contributed by atoms with Crippen LogP contribution in [0.15, 0.2) is 82.8 Å². The lowest BCUT2D eigenvalue weighted by molar-refractivity contribution is -0.384. The Morgan fingerprint density at radius 3 is 2.15 bits per heavy atom. The molecule has 9 heteroatoms. The lowest BCUT2D eigenvalue weighted by Crippen LogP contribution is -2.29. The lowest BCUT2D eigenvalue weighted by atomic mass is 9.95. The first-order valence-electron chi connectivity index (χ1n) is 9.77. The maximum Gasteiger partial charge on any atom is 0.300 e. The summed E-state index contributed by atoms with van der Waals surface area (Å²) in [5.41, 5.74) is 0.975. The molecular formula is C24H17BrN2O6. The third-order valence-corrected chi connectivity index (χ3v) is 5.86. The molecule has 1 aliphatic heterocycles. The number of rotatable bonds is 5. The van der Waals surface area contributed by atoms with Crippen LogP contribution in [-0.4, -0.2) is 28.8 Å². The topological polar surface area (TPSA) is 110 Å². The van der Waals surface area contributed by atoms with Crippen molar-refractivity contribution in [3.63, 3.8) is 0 Å². The molecule has 0 aromatic heterocycles. The van der Waals surface area contributed by atoms with Crippen LogP contribution < -0.4 is 9.64 Å². The van der Waals surface area contributed by atoms with Gasteiger partial charge in [-0.1, -0.05) is 28.1 Å². The van der Waals surface area contributed by atoms with E-state index >= 15 is 0 Å². The van der Waals surface area contributed by atoms with Crippen LogP contribution in [0.5, 0.6) is 5.75 Å². The van der Waals surface area contributed by atoms with Crippen molar-refractivity contribution in [2.24, 2.45) is 0 Å². The van der Waals surface area contributed by atoms with Gasteiger partial charge >= 0.3 is 0 Å². The van der Waals surface area contributed by atoms with Crippen LogP contribution in [-0.2, 0) is 9.59 Å². The molecule has 1 aliphatic rings. The standard InChI is InChI=1S/C24H17BrN2O6/c1-33-19-12-10-17(11-13-19)26-21(14-4-8-18(9-5-14)27(31)32)20(23(29)24(26)30)22(28)15-2-6-16(25)7-3-15/h2-13,21,28H,1H3/b22-20+. The Morgan fingerprint density at radius 2 is 1.61 bits per heavy atom. The van der Waals surface area contributed by atoms with Crippen LogP contribution in [0.4, 0.5) is 11.4 Å². The molecule has 3 aromatic carbocycles. The molecule has 4 rings (SSSR count). The third-order valence-electron chi connectivity index (χ3n) is 5.33. The number of non-ortho nitro benzene ring substituents is 1. The molecular weight excluding hydrogens is 492 g/mol. The van der Waals surface area contributed by atoms with E-state index in [0.717, 1.165) is 4.47 Å². The van der Waals surface area contributed by atoms with Crippen LogP contribution in [0.1, 0.15) is 17.2 Å². The van der Waals surface area contributed by atoms with E-state index in [9.17, 15) is 24.8 Å². The summed E-state index contributed by atoms with van der Waals surface area (Å²) >= 11 is 3.33. The fourth-order valence-electron chi connectivity index (χ4n) is 3.70. The molecule has 0 bridgehead atoms. The van der Waals surface area contributed by atoms with Gasteiger partial charge in [0.1, 0.15) is 11.5 Å². The zero-order valence-corrected chi connectivity index (χ0v) is 18.9. The SMILES string of the molecule is COc1ccc(N2C(=O)C(=O)/C(=C(/O)c3ccc(Br)cc3)C2c2ccc([N+](=O)[O-])cc2)cc1. The second kappa shape index (κ2) is 8.87. The number of benzene rings is 3. The summed E-state index contributed by atoms with van der Waals surface area (Å²) in [5, 5.41) is 22.1. The number of ketones is 1. The molecule has 8 nitrogen and oxygen atoms in total. The van der Waals surface area contributed by atoms with Gasteiger partial charge in [0.05, 0.1) is 23.6 Å². The summed E-state index contributed by atoms with van der Waals surface area (Å²) in [6, 6.07) is 17.7. The van der Waals surface area contributed by atoms with Crippen LogP contribution in [0, 0.1) is 10.1 Å². The summed E-state index contributed by atoms with van der Waals surface area (Å²) in [6.07, 6.45) is 0. The average molecular weight is 509 g/mol. The number of hydrogen-bond donors (Lipinski definition) is 1. The molecule has 33 heavy (non-hydrogen) atoms. The van der Waals surface area contributed by atoms with Crippen molar-refractivity contribution in [3.8, 4) is 5.75 Å². The first-order valence-corrected chi connectivity index (χ1v) is 10.6. The molecule has 1 N–H and O–H groups in total. The Hall–Kier alpha value is -3.98.